The zero-order chi connectivity index (χ0) is 19.1. The van der Waals surface area contributed by atoms with Gasteiger partial charge in [0, 0.05) is 28.5 Å². The molecule has 0 unspecified atom stereocenters. The van der Waals surface area contributed by atoms with Gasteiger partial charge in [-0.3, -0.25) is 9.59 Å². The van der Waals surface area contributed by atoms with Crippen molar-refractivity contribution >= 4 is 40.8 Å². The van der Waals surface area contributed by atoms with Crippen molar-refractivity contribution in [3.63, 3.8) is 0 Å². The van der Waals surface area contributed by atoms with Crippen LogP contribution in [0.4, 0.5) is 11.4 Å². The third-order valence-electron chi connectivity index (χ3n) is 3.32. The van der Waals surface area contributed by atoms with Gasteiger partial charge in [0.25, 0.3) is 11.8 Å². The smallest absolute Gasteiger partial charge is 0.340 e. The van der Waals surface area contributed by atoms with E-state index in [1.165, 1.54) is 18.2 Å². The quantitative estimate of drug-likeness (QED) is 0.530. The van der Waals surface area contributed by atoms with Crippen molar-refractivity contribution < 1.29 is 19.1 Å². The molecular weight excluding hydrogens is 358 g/mol. The molecule has 0 spiro atoms. The number of carbonyl (C=O) groups excluding carboxylic acids is 3. The number of anilines is 2. The summed E-state index contributed by atoms with van der Waals surface area (Å²) in [5.74, 6) is -1.55. The maximum Gasteiger partial charge on any atom is 0.340 e. The van der Waals surface area contributed by atoms with Crippen molar-refractivity contribution in [2.75, 3.05) is 24.2 Å². The van der Waals surface area contributed by atoms with E-state index < -0.39 is 18.5 Å². The second kappa shape index (κ2) is 8.87. The number of esters is 1. The summed E-state index contributed by atoms with van der Waals surface area (Å²) >= 11 is 5.82. The molecule has 0 aliphatic heterocycles. The molecule has 136 valence electrons. The van der Waals surface area contributed by atoms with E-state index in [9.17, 15) is 14.4 Å². The molecule has 2 aromatic carbocycles. The monoisotopic (exact) mass is 375 g/mol. The van der Waals surface area contributed by atoms with Crippen LogP contribution in [0.15, 0.2) is 42.5 Å². The van der Waals surface area contributed by atoms with Crippen LogP contribution in [0.1, 0.15) is 27.6 Å². The summed E-state index contributed by atoms with van der Waals surface area (Å²) in [6.07, 6.45) is 0. The summed E-state index contributed by atoms with van der Waals surface area (Å²) in [5.41, 5.74) is 6.81. The van der Waals surface area contributed by atoms with E-state index in [0.717, 1.165) is 0 Å². The van der Waals surface area contributed by atoms with Gasteiger partial charge < -0.3 is 21.1 Å². The van der Waals surface area contributed by atoms with Gasteiger partial charge >= 0.3 is 5.97 Å². The van der Waals surface area contributed by atoms with Gasteiger partial charge in [-0.05, 0) is 43.3 Å². The fourth-order valence-corrected chi connectivity index (χ4v) is 2.28. The molecule has 26 heavy (non-hydrogen) atoms. The number of nitrogens with one attached hydrogen (secondary N) is 2. The maximum atomic E-state index is 12.0. The average molecular weight is 376 g/mol. The second-order valence-corrected chi connectivity index (χ2v) is 5.73. The Morgan fingerprint density at radius 2 is 1.92 bits per heavy atom. The first-order valence-corrected chi connectivity index (χ1v) is 8.18. The standard InChI is InChI=1S/C18H18ClN3O4/c1-2-21-17(24)11-4-3-5-13(8-11)22-16(23)10-26-18(25)14-9-12(19)6-7-15(14)20/h3-9H,2,10,20H2,1H3,(H,21,24)(H,22,23). The number of nitrogens with two attached hydrogens (primary N) is 1. The van der Waals surface area contributed by atoms with E-state index in [-0.39, 0.29) is 17.2 Å². The van der Waals surface area contributed by atoms with E-state index >= 15 is 0 Å². The average Bonchev–Trinajstić information content (AvgIpc) is 2.62. The SMILES string of the molecule is CCNC(=O)c1cccc(NC(=O)COC(=O)c2cc(Cl)ccc2N)c1. The Morgan fingerprint density at radius 1 is 1.15 bits per heavy atom. The van der Waals surface area contributed by atoms with Crippen molar-refractivity contribution in [3.8, 4) is 0 Å². The molecule has 0 heterocycles. The second-order valence-electron chi connectivity index (χ2n) is 5.30. The lowest BCUT2D eigenvalue weighted by Crippen LogP contribution is -2.23. The highest BCUT2D eigenvalue weighted by Crippen LogP contribution is 2.18. The largest absolute Gasteiger partial charge is 0.452 e. The van der Waals surface area contributed by atoms with Gasteiger partial charge in [-0.25, -0.2) is 4.79 Å². The van der Waals surface area contributed by atoms with Crippen LogP contribution in [0.5, 0.6) is 0 Å². The van der Waals surface area contributed by atoms with Crippen molar-refractivity contribution in [1.82, 2.24) is 5.32 Å². The minimum atomic E-state index is -0.753. The first-order valence-electron chi connectivity index (χ1n) is 7.81. The molecule has 0 bridgehead atoms. The number of amides is 2. The molecule has 2 amide bonds. The van der Waals surface area contributed by atoms with E-state index in [1.54, 1.807) is 24.3 Å². The van der Waals surface area contributed by atoms with Gasteiger partial charge in [-0.1, -0.05) is 17.7 Å². The first-order chi connectivity index (χ1) is 12.4. The number of nitrogen functional groups attached to an aromatic ring is 1. The molecule has 2 rings (SSSR count). The number of rotatable bonds is 6. The number of halogens is 1. The molecule has 0 radical (unpaired) electrons. The van der Waals surface area contributed by atoms with Crippen LogP contribution < -0.4 is 16.4 Å². The van der Waals surface area contributed by atoms with Crippen molar-refractivity contribution in [2.24, 2.45) is 0 Å². The van der Waals surface area contributed by atoms with Crippen LogP contribution in [-0.2, 0) is 9.53 Å². The molecule has 8 heteroatoms. The lowest BCUT2D eigenvalue weighted by Gasteiger charge is -2.09. The summed E-state index contributed by atoms with van der Waals surface area (Å²) in [7, 11) is 0. The molecule has 0 aliphatic carbocycles. The first kappa shape index (κ1) is 19.3. The molecule has 0 atom stereocenters. The Kier molecular flexibility index (Phi) is 6.57. The summed E-state index contributed by atoms with van der Waals surface area (Å²) < 4.78 is 4.95. The van der Waals surface area contributed by atoms with Crippen molar-refractivity contribution in [3.05, 3.63) is 58.6 Å². The molecule has 0 saturated heterocycles. The van der Waals surface area contributed by atoms with Gasteiger partial charge in [0.2, 0.25) is 0 Å². The molecule has 7 nitrogen and oxygen atoms in total. The van der Waals surface area contributed by atoms with Crippen molar-refractivity contribution in [2.45, 2.75) is 6.92 Å². The minimum absolute atomic E-state index is 0.0866. The fourth-order valence-electron chi connectivity index (χ4n) is 2.11. The zero-order valence-electron chi connectivity index (χ0n) is 14.0. The van der Waals surface area contributed by atoms with E-state index in [1.807, 2.05) is 6.92 Å². The molecular formula is C18H18ClN3O4. The maximum absolute atomic E-state index is 12.0. The highest BCUT2D eigenvalue weighted by atomic mass is 35.5. The summed E-state index contributed by atoms with van der Waals surface area (Å²) in [6.45, 7) is 1.80. The lowest BCUT2D eigenvalue weighted by molar-refractivity contribution is -0.119. The Morgan fingerprint density at radius 3 is 2.65 bits per heavy atom. The third-order valence-corrected chi connectivity index (χ3v) is 3.55. The number of hydrogen-bond donors (Lipinski definition) is 3. The molecule has 0 saturated carbocycles. The number of benzene rings is 2. The fraction of sp³-hybridized carbons (Fsp3) is 0.167. The molecule has 0 aliphatic rings. The van der Waals surface area contributed by atoms with Gasteiger partial charge in [0.15, 0.2) is 6.61 Å². The number of hydrogen-bond acceptors (Lipinski definition) is 5. The lowest BCUT2D eigenvalue weighted by atomic mass is 10.2. The van der Waals surface area contributed by atoms with E-state index in [4.69, 9.17) is 22.1 Å². The normalized spacial score (nSPS) is 10.1. The Hall–Kier alpha value is -3.06. The van der Waals surface area contributed by atoms with Crippen LogP contribution in [-0.4, -0.2) is 30.9 Å². The highest BCUT2D eigenvalue weighted by Gasteiger charge is 2.14. The minimum Gasteiger partial charge on any atom is -0.452 e. The van der Waals surface area contributed by atoms with Gasteiger partial charge in [0.05, 0.1) is 5.56 Å². The van der Waals surface area contributed by atoms with Gasteiger partial charge in [-0.2, -0.15) is 0 Å². The zero-order valence-corrected chi connectivity index (χ0v) is 14.8. The summed E-state index contributed by atoms with van der Waals surface area (Å²) in [6, 6.07) is 10.8. The van der Waals surface area contributed by atoms with Crippen LogP contribution in [0.3, 0.4) is 0 Å². The molecule has 0 fully saturated rings. The number of carbonyl (C=O) groups is 3. The van der Waals surface area contributed by atoms with Gasteiger partial charge in [0.1, 0.15) is 0 Å². The van der Waals surface area contributed by atoms with Crippen LogP contribution in [0.2, 0.25) is 5.02 Å². The molecule has 2 aromatic rings. The van der Waals surface area contributed by atoms with Crippen LogP contribution >= 0.6 is 11.6 Å². The van der Waals surface area contributed by atoms with Crippen LogP contribution in [0.25, 0.3) is 0 Å². The topological polar surface area (TPSA) is 111 Å². The Labute approximate surface area is 155 Å². The summed E-state index contributed by atoms with van der Waals surface area (Å²) in [4.78, 5) is 35.8. The molecule has 0 aromatic heterocycles. The van der Waals surface area contributed by atoms with Gasteiger partial charge in [-0.15, -0.1) is 0 Å². The Bertz CT molecular complexity index is 839. The highest BCUT2D eigenvalue weighted by molar-refractivity contribution is 6.31. The van der Waals surface area contributed by atoms with Crippen LogP contribution in [0, 0.1) is 0 Å². The number of ether oxygens (including phenoxy) is 1. The predicted molar refractivity (Wildman–Crippen MR) is 99.2 cm³/mol. The van der Waals surface area contributed by atoms with E-state index in [2.05, 4.69) is 10.6 Å². The third kappa shape index (κ3) is 5.22. The predicted octanol–water partition coefficient (Wildman–Crippen LogP) is 2.47. The Balaban J connectivity index is 1.95. The summed E-state index contributed by atoms with van der Waals surface area (Å²) in [5, 5.41) is 5.56. The van der Waals surface area contributed by atoms with E-state index in [0.29, 0.717) is 22.8 Å². The van der Waals surface area contributed by atoms with Crippen molar-refractivity contribution in [1.29, 1.82) is 0 Å². The molecule has 4 N–H and O–H groups in total.